The number of benzene rings is 6. The number of carbonyl (C=O) groups is 3. The molecule has 0 radical (unpaired) electrons. The van der Waals surface area contributed by atoms with E-state index in [1.165, 1.54) is 11.1 Å². The van der Waals surface area contributed by atoms with Crippen molar-refractivity contribution in [1.82, 2.24) is 15.1 Å². The van der Waals surface area contributed by atoms with Gasteiger partial charge in [-0.15, -0.1) is 12.4 Å². The molecule has 0 saturated carbocycles. The lowest BCUT2D eigenvalue weighted by Gasteiger charge is -2.32. The molecule has 2 saturated heterocycles. The number of rotatable bonds is 11. The fourth-order valence-electron chi connectivity index (χ4n) is 9.17. The van der Waals surface area contributed by atoms with E-state index in [1.54, 1.807) is 28.4 Å². The molecule has 3 N–H and O–H groups in total. The second kappa shape index (κ2) is 23.0. The topological polar surface area (TPSA) is 142 Å². The van der Waals surface area contributed by atoms with Crippen LogP contribution in [0.3, 0.4) is 0 Å². The maximum Gasteiger partial charge on any atom is 0.407 e. The van der Waals surface area contributed by atoms with Gasteiger partial charge in [0.05, 0.1) is 28.4 Å². The molecular formula is C55H65ClN4O8. The van der Waals surface area contributed by atoms with Gasteiger partial charge in [0, 0.05) is 50.4 Å². The second-order valence-electron chi connectivity index (χ2n) is 18.2. The molecule has 3 amide bonds. The van der Waals surface area contributed by atoms with Gasteiger partial charge in [-0.1, -0.05) is 72.8 Å². The highest BCUT2D eigenvalue weighted by Gasteiger charge is 2.28. The van der Waals surface area contributed by atoms with Crippen LogP contribution in [0.2, 0.25) is 0 Å². The van der Waals surface area contributed by atoms with Gasteiger partial charge in [-0.2, -0.15) is 0 Å². The summed E-state index contributed by atoms with van der Waals surface area (Å²) in [6.07, 6.45) is 3.27. The smallest absolute Gasteiger partial charge is 0.407 e. The summed E-state index contributed by atoms with van der Waals surface area (Å²) in [5.41, 5.74) is 11.4. The fourth-order valence-corrected chi connectivity index (χ4v) is 9.17. The van der Waals surface area contributed by atoms with Crippen molar-refractivity contribution in [2.24, 2.45) is 5.73 Å². The molecule has 0 spiro atoms. The molecule has 8 rings (SSSR count). The van der Waals surface area contributed by atoms with Gasteiger partial charge in [-0.05, 0) is 138 Å². The summed E-state index contributed by atoms with van der Waals surface area (Å²) in [6.45, 7) is 9.38. The molecule has 2 aliphatic rings. The van der Waals surface area contributed by atoms with Crippen LogP contribution in [-0.2, 0) is 17.8 Å². The Morgan fingerprint density at radius 2 is 0.971 bits per heavy atom. The quantitative estimate of drug-likeness (QED) is 0.130. The lowest BCUT2D eigenvalue weighted by Crippen LogP contribution is -2.38. The number of amides is 3. The number of piperidine rings is 2. The van der Waals surface area contributed by atoms with Gasteiger partial charge in [-0.25, -0.2) is 4.79 Å². The lowest BCUT2D eigenvalue weighted by molar-refractivity contribution is 0.0522. The van der Waals surface area contributed by atoms with E-state index in [0.29, 0.717) is 72.1 Å². The van der Waals surface area contributed by atoms with Gasteiger partial charge >= 0.3 is 6.09 Å². The molecule has 2 fully saturated rings. The number of fused-ring (bicyclic) bond motifs is 2. The zero-order valence-electron chi connectivity index (χ0n) is 40.3. The average molecular weight is 946 g/mol. The minimum Gasteiger partial charge on any atom is -0.493 e. The molecular weight excluding hydrogens is 880 g/mol. The Kier molecular flexibility index (Phi) is 17.2. The SMILES string of the molecule is COc1cc2cccc(C(=O)N3CCC(c4cccc(CN)c4)CC3)c2cc1OC.COc1cc2cccc(C(=O)N3CCC(c4cccc(CNC(=O)OC(C)(C)C)c4)CC3)c2cc1OC.Cl. The summed E-state index contributed by atoms with van der Waals surface area (Å²) >= 11 is 0. The molecule has 6 aromatic carbocycles. The summed E-state index contributed by atoms with van der Waals surface area (Å²) in [4.78, 5) is 42.8. The summed E-state index contributed by atoms with van der Waals surface area (Å²) < 4.78 is 27.1. The Balaban J connectivity index is 0.000000225. The molecule has 6 aromatic rings. The highest BCUT2D eigenvalue weighted by Crippen LogP contribution is 2.37. The molecule has 13 heteroatoms. The molecule has 0 atom stereocenters. The van der Waals surface area contributed by atoms with Gasteiger partial charge in [0.1, 0.15) is 5.60 Å². The van der Waals surface area contributed by atoms with Gasteiger partial charge < -0.3 is 44.5 Å². The number of methoxy groups -OCH3 is 4. The van der Waals surface area contributed by atoms with E-state index in [9.17, 15) is 14.4 Å². The van der Waals surface area contributed by atoms with Crippen LogP contribution in [0, 0.1) is 0 Å². The van der Waals surface area contributed by atoms with Crippen LogP contribution in [0.5, 0.6) is 23.0 Å². The van der Waals surface area contributed by atoms with Gasteiger partial charge in [-0.3, -0.25) is 9.59 Å². The van der Waals surface area contributed by atoms with E-state index in [2.05, 4.69) is 41.7 Å². The van der Waals surface area contributed by atoms with Crippen LogP contribution in [0.4, 0.5) is 4.79 Å². The number of hydrogen-bond acceptors (Lipinski definition) is 9. The summed E-state index contributed by atoms with van der Waals surface area (Å²) in [7, 11) is 6.43. The first-order valence-electron chi connectivity index (χ1n) is 23.1. The third-order valence-electron chi connectivity index (χ3n) is 12.7. The number of carbonyl (C=O) groups excluding carboxylic acids is 3. The first kappa shape index (κ1) is 50.9. The third kappa shape index (κ3) is 12.1. The van der Waals surface area contributed by atoms with Crippen LogP contribution in [0.15, 0.2) is 109 Å². The van der Waals surface area contributed by atoms with Crippen molar-refractivity contribution in [3.63, 3.8) is 0 Å². The van der Waals surface area contributed by atoms with E-state index in [1.807, 2.05) is 103 Å². The number of nitrogens with zero attached hydrogens (tertiary/aromatic N) is 2. The van der Waals surface area contributed by atoms with Crippen molar-refractivity contribution in [3.8, 4) is 23.0 Å². The van der Waals surface area contributed by atoms with Crippen molar-refractivity contribution in [3.05, 3.63) is 143 Å². The molecule has 360 valence electrons. The van der Waals surface area contributed by atoms with Crippen LogP contribution in [0.25, 0.3) is 21.5 Å². The Morgan fingerprint density at radius 3 is 1.38 bits per heavy atom. The standard InChI is InChI=1S/C30H36N2O5.C25H28N2O3.ClH/c1-30(2,3)37-29(34)31-19-20-8-6-9-22(16-20)21-12-14-32(15-13-21)28(33)24-11-7-10-23-17-26(35-4)27(36-5)18-25(23)24;1-29-23-14-20-7-4-8-21(22(20)15-24(23)30-2)25(28)27-11-9-18(10-12-27)19-6-3-5-17(13-19)16-26;/h6-11,16-18,21H,12-15,19H2,1-5H3,(H,31,34);3-8,13-15,18H,9-12,16,26H2,1-2H3;1H. The second-order valence-corrected chi connectivity index (χ2v) is 18.2. The van der Waals surface area contributed by atoms with Crippen LogP contribution < -0.4 is 30.0 Å². The first-order chi connectivity index (χ1) is 32.3. The van der Waals surface area contributed by atoms with Crippen LogP contribution >= 0.6 is 12.4 Å². The van der Waals surface area contributed by atoms with Gasteiger partial charge in [0.2, 0.25) is 0 Å². The number of hydrogen-bond donors (Lipinski definition) is 2. The molecule has 12 nitrogen and oxygen atoms in total. The maximum atomic E-state index is 13.5. The number of alkyl carbamates (subject to hydrolysis) is 1. The Morgan fingerprint density at radius 1 is 0.574 bits per heavy atom. The zero-order chi connectivity index (χ0) is 47.7. The van der Waals surface area contributed by atoms with Crippen molar-refractivity contribution in [2.75, 3.05) is 54.6 Å². The maximum absolute atomic E-state index is 13.5. The molecule has 68 heavy (non-hydrogen) atoms. The van der Waals surface area contributed by atoms with Gasteiger partial charge in [0.15, 0.2) is 23.0 Å². The van der Waals surface area contributed by atoms with E-state index >= 15 is 0 Å². The van der Waals surface area contributed by atoms with E-state index < -0.39 is 11.7 Å². The van der Waals surface area contributed by atoms with Crippen molar-refractivity contribution in [1.29, 1.82) is 0 Å². The molecule has 0 unspecified atom stereocenters. The average Bonchev–Trinajstić information content (AvgIpc) is 3.36. The normalized spacial score (nSPS) is 14.3. The molecule has 0 aromatic heterocycles. The number of likely N-dealkylation sites (tertiary alicyclic amines) is 2. The van der Waals surface area contributed by atoms with E-state index in [-0.39, 0.29) is 24.2 Å². The highest BCUT2D eigenvalue weighted by atomic mass is 35.5. The van der Waals surface area contributed by atoms with E-state index in [4.69, 9.17) is 29.4 Å². The van der Waals surface area contributed by atoms with Crippen molar-refractivity contribution < 1.29 is 38.1 Å². The number of nitrogens with one attached hydrogen (secondary N) is 1. The first-order valence-corrected chi connectivity index (χ1v) is 23.1. The van der Waals surface area contributed by atoms with Crippen molar-refractivity contribution in [2.45, 2.75) is 77.0 Å². The van der Waals surface area contributed by atoms with Crippen molar-refractivity contribution >= 4 is 51.9 Å². The predicted octanol–water partition coefficient (Wildman–Crippen LogP) is 10.7. The zero-order valence-corrected chi connectivity index (χ0v) is 41.1. The van der Waals surface area contributed by atoms with Crippen LogP contribution in [-0.4, -0.2) is 87.9 Å². The molecule has 2 aliphatic heterocycles. The summed E-state index contributed by atoms with van der Waals surface area (Å²) in [5, 5.41) is 6.48. The van der Waals surface area contributed by atoms with Crippen LogP contribution in [0.1, 0.15) is 101 Å². The predicted molar refractivity (Wildman–Crippen MR) is 271 cm³/mol. The Hall–Kier alpha value is -6.50. The summed E-state index contributed by atoms with van der Waals surface area (Å²) in [6, 6.07) is 36.0. The Labute approximate surface area is 406 Å². The highest BCUT2D eigenvalue weighted by molar-refractivity contribution is 6.08. The third-order valence-corrected chi connectivity index (χ3v) is 12.7. The molecule has 2 heterocycles. The lowest BCUT2D eigenvalue weighted by atomic mass is 9.88. The minimum absolute atomic E-state index is 0. The number of nitrogens with two attached hydrogens (primary N) is 1. The number of halogens is 1. The van der Waals surface area contributed by atoms with E-state index in [0.717, 1.165) is 71.4 Å². The fraction of sp³-hybridized carbons (Fsp3) is 0.364. The van der Waals surface area contributed by atoms with Gasteiger partial charge in [0.25, 0.3) is 11.8 Å². The monoisotopic (exact) mass is 944 g/mol. The Bertz CT molecular complexity index is 2700. The molecule has 0 bridgehead atoms. The molecule has 0 aliphatic carbocycles. The number of ether oxygens (including phenoxy) is 5. The summed E-state index contributed by atoms with van der Waals surface area (Å²) in [5.74, 6) is 3.48. The largest absolute Gasteiger partial charge is 0.493 e. The minimum atomic E-state index is -0.525.